The monoisotopic (exact) mass is 332 g/mol. The molecule has 0 radical (unpaired) electrons. The third-order valence-corrected chi connectivity index (χ3v) is 4.45. The van der Waals surface area contributed by atoms with Gasteiger partial charge in [-0.2, -0.15) is 0 Å². The maximum atomic E-state index is 13.9. The van der Waals surface area contributed by atoms with Gasteiger partial charge >= 0.3 is 110 Å². The Hall–Kier alpha value is -1.72. The van der Waals surface area contributed by atoms with E-state index in [-0.39, 0.29) is 20.2 Å². The van der Waals surface area contributed by atoms with Crippen LogP contribution >= 0.6 is 0 Å². The molecule has 0 aliphatic heterocycles. The summed E-state index contributed by atoms with van der Waals surface area (Å²) in [6, 6.07) is 3.43. The van der Waals surface area contributed by atoms with E-state index in [1.165, 1.54) is 0 Å². The van der Waals surface area contributed by atoms with Crippen LogP contribution in [0.25, 0.3) is 21.0 Å². The van der Waals surface area contributed by atoms with Crippen molar-refractivity contribution < 1.29 is 17.6 Å². The van der Waals surface area contributed by atoms with E-state index < -0.39 is 34.2 Å². The molecular formula is C12H4F4N2Se. The van der Waals surface area contributed by atoms with Gasteiger partial charge in [0.15, 0.2) is 0 Å². The summed E-state index contributed by atoms with van der Waals surface area (Å²) in [5, 5.41) is -0.421. The molecule has 0 bridgehead atoms. The van der Waals surface area contributed by atoms with Gasteiger partial charge in [0.2, 0.25) is 0 Å². The van der Waals surface area contributed by atoms with Gasteiger partial charge in [-0.25, -0.2) is 0 Å². The molecule has 0 saturated carbocycles. The van der Waals surface area contributed by atoms with Crippen molar-refractivity contribution in [2.45, 2.75) is 0 Å². The Morgan fingerprint density at radius 2 is 1.63 bits per heavy atom. The molecule has 2 nitrogen and oxygen atoms in total. The zero-order valence-corrected chi connectivity index (χ0v) is 10.8. The first kappa shape index (κ1) is 12.3. The Morgan fingerprint density at radius 1 is 0.895 bits per heavy atom. The number of benzene rings is 1. The van der Waals surface area contributed by atoms with Gasteiger partial charge in [0.1, 0.15) is 0 Å². The van der Waals surface area contributed by atoms with Crippen LogP contribution in [0.5, 0.6) is 0 Å². The molecule has 1 aromatic carbocycles. The number of hydrogen-bond donors (Lipinski definition) is 0. The molecule has 3 aromatic rings. The summed E-state index contributed by atoms with van der Waals surface area (Å²) in [6.07, 6.45) is 1.01. The van der Waals surface area contributed by atoms with Crippen molar-refractivity contribution in [1.29, 1.82) is 0 Å². The predicted molar refractivity (Wildman–Crippen MR) is 61.7 cm³/mol. The quantitative estimate of drug-likeness (QED) is 0.297. The molecule has 0 N–H and O–H groups in total. The van der Waals surface area contributed by atoms with Crippen molar-refractivity contribution in [2.24, 2.45) is 0 Å². The van der Waals surface area contributed by atoms with Crippen molar-refractivity contribution in [3.63, 3.8) is 0 Å². The molecule has 0 atom stereocenters. The average molecular weight is 331 g/mol. The molecule has 0 unspecified atom stereocenters. The first-order chi connectivity index (χ1) is 9.11. The molecule has 0 aliphatic carbocycles. The van der Waals surface area contributed by atoms with E-state index in [0.717, 1.165) is 6.33 Å². The SMILES string of the molecule is Fc1c(F)c(F)c2c(-c3ccc[se]3)ncnc2c1F. The Labute approximate surface area is 110 Å². The fourth-order valence-corrected chi connectivity index (χ4v) is 3.29. The average Bonchev–Trinajstić information content (AvgIpc) is 2.96. The predicted octanol–water partition coefficient (Wildman–Crippen LogP) is 2.91. The molecular weight excluding hydrogens is 327 g/mol. The zero-order valence-electron chi connectivity index (χ0n) is 9.12. The van der Waals surface area contributed by atoms with E-state index in [2.05, 4.69) is 9.97 Å². The summed E-state index contributed by atoms with van der Waals surface area (Å²) >= 11 is -0.102. The topological polar surface area (TPSA) is 25.8 Å². The first-order valence-corrected chi connectivity index (χ1v) is 6.96. The van der Waals surface area contributed by atoms with E-state index in [1.807, 2.05) is 4.94 Å². The molecule has 19 heavy (non-hydrogen) atoms. The van der Waals surface area contributed by atoms with E-state index >= 15 is 0 Å². The van der Waals surface area contributed by atoms with Crippen LogP contribution in [0.15, 0.2) is 23.4 Å². The Morgan fingerprint density at radius 3 is 2.32 bits per heavy atom. The van der Waals surface area contributed by atoms with Crippen LogP contribution in [0, 0.1) is 23.3 Å². The number of aromatic nitrogens is 2. The molecule has 0 fully saturated rings. The van der Waals surface area contributed by atoms with Crippen molar-refractivity contribution in [1.82, 2.24) is 9.97 Å². The zero-order chi connectivity index (χ0) is 13.6. The van der Waals surface area contributed by atoms with Gasteiger partial charge in [0, 0.05) is 0 Å². The second kappa shape index (κ2) is 4.43. The fourth-order valence-electron chi connectivity index (χ4n) is 1.77. The molecule has 0 spiro atoms. The second-order valence-electron chi connectivity index (χ2n) is 3.68. The minimum absolute atomic E-state index is 0.102. The normalized spacial score (nSPS) is 11.2. The van der Waals surface area contributed by atoms with E-state index in [1.54, 1.807) is 12.1 Å². The van der Waals surface area contributed by atoms with Gasteiger partial charge < -0.3 is 0 Å². The van der Waals surface area contributed by atoms with E-state index in [4.69, 9.17) is 0 Å². The Kier molecular flexibility index (Phi) is 2.87. The molecule has 2 aromatic heterocycles. The molecule has 0 amide bonds. The fraction of sp³-hybridized carbons (Fsp3) is 0. The van der Waals surface area contributed by atoms with Gasteiger partial charge in [-0.05, 0) is 0 Å². The third-order valence-electron chi connectivity index (χ3n) is 2.61. The van der Waals surface area contributed by atoms with Gasteiger partial charge in [-0.1, -0.05) is 0 Å². The standard InChI is InChI=1S/C12H4F4N2Se/c13-7-6-11(5-2-1-3-19-5)17-4-18-12(6)10(16)9(15)8(7)14/h1-4H. The third kappa shape index (κ3) is 1.77. The molecule has 7 heteroatoms. The minimum atomic E-state index is -1.86. The number of fused-ring (bicyclic) bond motifs is 1. The van der Waals surface area contributed by atoms with Crippen LogP contribution in [0.3, 0.4) is 0 Å². The second-order valence-corrected chi connectivity index (χ2v) is 5.67. The van der Waals surface area contributed by atoms with Crippen LogP contribution < -0.4 is 0 Å². The van der Waals surface area contributed by atoms with E-state index in [0.29, 0.717) is 4.44 Å². The molecule has 96 valence electrons. The molecule has 2 heterocycles. The van der Waals surface area contributed by atoms with Crippen molar-refractivity contribution in [2.75, 3.05) is 0 Å². The summed E-state index contributed by atoms with van der Waals surface area (Å²) in [6.45, 7) is 0. The van der Waals surface area contributed by atoms with Crippen LogP contribution in [0.2, 0.25) is 0 Å². The Balaban J connectivity index is 2.50. The van der Waals surface area contributed by atoms with Crippen LogP contribution in [-0.2, 0) is 0 Å². The van der Waals surface area contributed by atoms with Crippen LogP contribution in [0.1, 0.15) is 0 Å². The van der Waals surface area contributed by atoms with Crippen LogP contribution in [0.4, 0.5) is 17.6 Å². The summed E-state index contributed by atoms with van der Waals surface area (Å²) in [5.41, 5.74) is -0.449. The van der Waals surface area contributed by atoms with Crippen LogP contribution in [-0.4, -0.2) is 24.5 Å². The Bertz CT molecular complexity index is 771. The van der Waals surface area contributed by atoms with Crippen molar-refractivity contribution in [3.8, 4) is 10.1 Å². The summed E-state index contributed by atoms with van der Waals surface area (Å²) < 4.78 is 54.6. The number of halogens is 4. The number of nitrogens with zero attached hydrogens (tertiary/aromatic N) is 2. The number of rotatable bonds is 1. The van der Waals surface area contributed by atoms with Gasteiger partial charge in [0.05, 0.1) is 0 Å². The van der Waals surface area contributed by atoms with Crippen molar-refractivity contribution in [3.05, 3.63) is 46.7 Å². The van der Waals surface area contributed by atoms with Gasteiger partial charge in [0.25, 0.3) is 0 Å². The van der Waals surface area contributed by atoms with Gasteiger partial charge in [-0.15, -0.1) is 0 Å². The molecule has 0 saturated heterocycles. The van der Waals surface area contributed by atoms with Gasteiger partial charge in [-0.3, -0.25) is 0 Å². The first-order valence-electron chi connectivity index (χ1n) is 5.11. The molecule has 0 aliphatic rings. The number of hydrogen-bond acceptors (Lipinski definition) is 2. The summed E-state index contributed by atoms with van der Waals surface area (Å²) in [7, 11) is 0. The maximum absolute atomic E-state index is 13.9. The van der Waals surface area contributed by atoms with E-state index in [9.17, 15) is 17.6 Å². The van der Waals surface area contributed by atoms with Crippen molar-refractivity contribution >= 4 is 25.4 Å². The molecule has 3 rings (SSSR count). The summed E-state index contributed by atoms with van der Waals surface area (Å²) in [4.78, 5) is 9.22. The summed E-state index contributed by atoms with van der Waals surface area (Å²) in [5.74, 6) is -6.68.